The summed E-state index contributed by atoms with van der Waals surface area (Å²) in [5.41, 5.74) is 7.43. The van der Waals surface area contributed by atoms with E-state index < -0.39 is 0 Å². The Morgan fingerprint density at radius 3 is 2.40 bits per heavy atom. The first-order chi connectivity index (χ1) is 9.52. The fourth-order valence-corrected chi connectivity index (χ4v) is 3.83. The average Bonchev–Trinajstić information content (AvgIpc) is 2.88. The molecule has 3 nitrogen and oxygen atoms in total. The van der Waals surface area contributed by atoms with Gasteiger partial charge in [0.25, 0.3) is 0 Å². The Bertz CT molecular complexity index is 468. The van der Waals surface area contributed by atoms with Crippen molar-refractivity contribution in [3.05, 3.63) is 22.2 Å². The third-order valence-electron chi connectivity index (χ3n) is 4.14. The zero-order valence-electron chi connectivity index (χ0n) is 12.5. The number of nitrogens with two attached hydrogens (primary N) is 1. The smallest absolute Gasteiger partial charge is 0.162 e. The number of halogens is 1. The van der Waals surface area contributed by atoms with Crippen molar-refractivity contribution in [1.29, 1.82) is 0 Å². The Kier molecular flexibility index (Phi) is 4.97. The van der Waals surface area contributed by atoms with Gasteiger partial charge in [0, 0.05) is 16.4 Å². The topological polar surface area (TPSA) is 44.5 Å². The highest BCUT2D eigenvalue weighted by Crippen LogP contribution is 2.46. The van der Waals surface area contributed by atoms with Crippen LogP contribution in [0, 0.1) is 0 Å². The Morgan fingerprint density at radius 2 is 1.90 bits per heavy atom. The van der Waals surface area contributed by atoms with E-state index in [1.54, 1.807) is 7.11 Å². The van der Waals surface area contributed by atoms with E-state index in [1.807, 2.05) is 19.9 Å². The van der Waals surface area contributed by atoms with Crippen LogP contribution in [-0.2, 0) is 5.41 Å². The van der Waals surface area contributed by atoms with E-state index in [9.17, 15) is 0 Å². The van der Waals surface area contributed by atoms with Crippen LogP contribution in [0.3, 0.4) is 0 Å². The molecule has 0 aliphatic heterocycles. The van der Waals surface area contributed by atoms with Crippen LogP contribution < -0.4 is 15.2 Å². The number of hydrogen-bond donors (Lipinski definition) is 1. The zero-order valence-corrected chi connectivity index (χ0v) is 14.1. The monoisotopic (exact) mass is 341 g/mol. The molecule has 112 valence electrons. The van der Waals surface area contributed by atoms with Crippen molar-refractivity contribution < 1.29 is 9.47 Å². The van der Waals surface area contributed by atoms with Gasteiger partial charge in [0.05, 0.1) is 13.2 Å². The number of rotatable bonds is 5. The summed E-state index contributed by atoms with van der Waals surface area (Å²) in [6, 6.07) is 4.11. The summed E-state index contributed by atoms with van der Waals surface area (Å²) in [6.45, 7) is 4.71. The maximum Gasteiger partial charge on any atom is 0.162 e. The van der Waals surface area contributed by atoms with E-state index in [4.69, 9.17) is 15.2 Å². The van der Waals surface area contributed by atoms with E-state index in [-0.39, 0.29) is 11.5 Å². The number of hydrogen-bond acceptors (Lipinski definition) is 3. The third kappa shape index (κ3) is 2.96. The molecule has 0 heterocycles. The minimum atomic E-state index is 0.0858. The molecule has 1 aliphatic rings. The lowest BCUT2D eigenvalue weighted by atomic mass is 9.79. The summed E-state index contributed by atoms with van der Waals surface area (Å²) in [7, 11) is 1.68. The number of benzene rings is 1. The fraction of sp³-hybridized carbons (Fsp3) is 0.625. The Hall–Kier alpha value is -0.740. The van der Waals surface area contributed by atoms with Crippen LogP contribution in [0.25, 0.3) is 0 Å². The van der Waals surface area contributed by atoms with Gasteiger partial charge in [-0.3, -0.25) is 0 Å². The summed E-state index contributed by atoms with van der Waals surface area (Å²) in [5, 5.41) is 0. The lowest BCUT2D eigenvalue weighted by molar-refractivity contribution is 0.229. The van der Waals surface area contributed by atoms with Gasteiger partial charge in [0.1, 0.15) is 0 Å². The molecule has 1 fully saturated rings. The second kappa shape index (κ2) is 6.35. The van der Waals surface area contributed by atoms with Gasteiger partial charge in [0.15, 0.2) is 11.5 Å². The molecule has 1 aromatic carbocycles. The van der Waals surface area contributed by atoms with E-state index in [2.05, 4.69) is 22.0 Å². The number of ether oxygens (including phenoxy) is 2. The van der Waals surface area contributed by atoms with Crippen molar-refractivity contribution in [2.45, 2.75) is 51.0 Å². The second-order valence-electron chi connectivity index (χ2n) is 5.84. The molecule has 0 radical (unpaired) electrons. The van der Waals surface area contributed by atoms with Crippen LogP contribution in [0.1, 0.15) is 45.1 Å². The Balaban J connectivity index is 2.44. The van der Waals surface area contributed by atoms with E-state index in [1.165, 1.54) is 18.4 Å². The standard InChI is InChI=1S/C16H24BrNO2/c1-11(2)20-15-9-13(17)12(8-14(15)19-3)16(10-18)6-4-5-7-16/h8-9,11H,4-7,10,18H2,1-3H3. The molecule has 20 heavy (non-hydrogen) atoms. The van der Waals surface area contributed by atoms with Crippen molar-refractivity contribution in [2.75, 3.05) is 13.7 Å². The minimum Gasteiger partial charge on any atom is -0.493 e. The van der Waals surface area contributed by atoms with Crippen molar-refractivity contribution in [2.24, 2.45) is 5.73 Å². The molecule has 0 spiro atoms. The predicted octanol–water partition coefficient (Wildman–Crippen LogP) is 4.02. The quantitative estimate of drug-likeness (QED) is 0.879. The largest absolute Gasteiger partial charge is 0.493 e. The lowest BCUT2D eigenvalue weighted by Crippen LogP contribution is -2.32. The van der Waals surface area contributed by atoms with Gasteiger partial charge in [0.2, 0.25) is 0 Å². The molecular weight excluding hydrogens is 318 g/mol. The molecule has 0 amide bonds. The lowest BCUT2D eigenvalue weighted by Gasteiger charge is -2.30. The van der Waals surface area contributed by atoms with E-state index >= 15 is 0 Å². The van der Waals surface area contributed by atoms with Gasteiger partial charge in [-0.05, 0) is 44.4 Å². The summed E-state index contributed by atoms with van der Waals surface area (Å²) in [6.07, 6.45) is 4.91. The first-order valence-electron chi connectivity index (χ1n) is 7.27. The molecule has 0 unspecified atom stereocenters. The molecule has 1 aromatic rings. The second-order valence-corrected chi connectivity index (χ2v) is 6.70. The van der Waals surface area contributed by atoms with Gasteiger partial charge >= 0.3 is 0 Å². The summed E-state index contributed by atoms with van der Waals surface area (Å²) < 4.78 is 12.4. The average molecular weight is 342 g/mol. The summed E-state index contributed by atoms with van der Waals surface area (Å²) in [4.78, 5) is 0. The fourth-order valence-electron chi connectivity index (χ4n) is 3.08. The molecule has 0 saturated heterocycles. The van der Waals surface area contributed by atoms with Crippen LogP contribution in [0.15, 0.2) is 16.6 Å². The molecule has 1 saturated carbocycles. The molecule has 0 atom stereocenters. The van der Waals surface area contributed by atoms with E-state index in [0.29, 0.717) is 6.54 Å². The molecule has 2 N–H and O–H groups in total. The molecule has 2 rings (SSSR count). The van der Waals surface area contributed by atoms with Gasteiger partial charge in [-0.1, -0.05) is 28.8 Å². The number of methoxy groups -OCH3 is 1. The molecular formula is C16H24BrNO2. The van der Waals surface area contributed by atoms with Crippen molar-refractivity contribution >= 4 is 15.9 Å². The van der Waals surface area contributed by atoms with Gasteiger partial charge in [-0.25, -0.2) is 0 Å². The zero-order chi connectivity index (χ0) is 14.8. The Morgan fingerprint density at radius 1 is 1.25 bits per heavy atom. The van der Waals surface area contributed by atoms with Crippen molar-refractivity contribution in [1.82, 2.24) is 0 Å². The predicted molar refractivity (Wildman–Crippen MR) is 85.7 cm³/mol. The third-order valence-corrected chi connectivity index (χ3v) is 4.79. The maximum atomic E-state index is 6.09. The Labute approximate surface area is 130 Å². The van der Waals surface area contributed by atoms with Crippen molar-refractivity contribution in [3.63, 3.8) is 0 Å². The van der Waals surface area contributed by atoms with E-state index in [0.717, 1.165) is 28.8 Å². The van der Waals surface area contributed by atoms with Crippen LogP contribution in [0.2, 0.25) is 0 Å². The van der Waals surface area contributed by atoms with Crippen LogP contribution in [0.5, 0.6) is 11.5 Å². The highest BCUT2D eigenvalue weighted by Gasteiger charge is 2.36. The molecule has 0 aromatic heterocycles. The highest BCUT2D eigenvalue weighted by molar-refractivity contribution is 9.10. The van der Waals surface area contributed by atoms with Crippen LogP contribution >= 0.6 is 15.9 Å². The van der Waals surface area contributed by atoms with Gasteiger partial charge in [-0.2, -0.15) is 0 Å². The molecule has 4 heteroatoms. The van der Waals surface area contributed by atoms with Gasteiger partial charge in [-0.15, -0.1) is 0 Å². The highest BCUT2D eigenvalue weighted by atomic mass is 79.9. The first kappa shape index (κ1) is 15.6. The first-order valence-corrected chi connectivity index (χ1v) is 8.06. The summed E-state index contributed by atoms with van der Waals surface area (Å²) in [5.74, 6) is 1.57. The SMILES string of the molecule is COc1cc(C2(CN)CCCC2)c(Br)cc1OC(C)C. The van der Waals surface area contributed by atoms with Crippen LogP contribution in [0.4, 0.5) is 0 Å². The normalized spacial score (nSPS) is 17.5. The minimum absolute atomic E-state index is 0.0858. The maximum absolute atomic E-state index is 6.09. The van der Waals surface area contributed by atoms with Crippen molar-refractivity contribution in [3.8, 4) is 11.5 Å². The van der Waals surface area contributed by atoms with Gasteiger partial charge < -0.3 is 15.2 Å². The molecule has 0 bridgehead atoms. The van der Waals surface area contributed by atoms with Crippen LogP contribution in [-0.4, -0.2) is 19.8 Å². The molecule has 1 aliphatic carbocycles. The summed E-state index contributed by atoms with van der Waals surface area (Å²) >= 11 is 3.70.